The highest BCUT2D eigenvalue weighted by atomic mass is 79.9. The Hall–Kier alpha value is -1.04. The molecule has 0 aromatic heterocycles. The van der Waals surface area contributed by atoms with E-state index < -0.39 is 5.97 Å². The van der Waals surface area contributed by atoms with Crippen molar-refractivity contribution in [1.29, 1.82) is 0 Å². The summed E-state index contributed by atoms with van der Waals surface area (Å²) in [6.45, 7) is 5.87. The van der Waals surface area contributed by atoms with Gasteiger partial charge in [0.25, 0.3) is 0 Å². The van der Waals surface area contributed by atoms with Crippen molar-refractivity contribution in [3.63, 3.8) is 0 Å². The van der Waals surface area contributed by atoms with Crippen LogP contribution in [0.15, 0.2) is 11.1 Å². The van der Waals surface area contributed by atoms with Crippen molar-refractivity contribution < 1.29 is 14.7 Å². The Kier molecular flexibility index (Phi) is 6.77. The van der Waals surface area contributed by atoms with Gasteiger partial charge in [0.2, 0.25) is 0 Å². The number of nitrogens with zero attached hydrogens (tertiary/aromatic N) is 1. The first-order valence-electron chi connectivity index (χ1n) is 4.55. The second-order valence-electron chi connectivity index (χ2n) is 2.99. The van der Waals surface area contributed by atoms with E-state index in [1.165, 1.54) is 4.90 Å². The molecule has 2 amide bonds. The number of urea groups is 1. The van der Waals surface area contributed by atoms with Crippen LogP contribution in [0.5, 0.6) is 0 Å². The van der Waals surface area contributed by atoms with E-state index in [0.29, 0.717) is 17.6 Å². The third-order valence-electron chi connectivity index (χ3n) is 1.54. The van der Waals surface area contributed by atoms with E-state index in [1.807, 2.05) is 6.92 Å². The zero-order chi connectivity index (χ0) is 11.8. The Morgan fingerprint density at radius 2 is 2.13 bits per heavy atom. The molecule has 0 atom stereocenters. The van der Waals surface area contributed by atoms with E-state index in [9.17, 15) is 9.59 Å². The van der Waals surface area contributed by atoms with Crippen LogP contribution < -0.4 is 5.32 Å². The van der Waals surface area contributed by atoms with Crippen LogP contribution in [0.25, 0.3) is 0 Å². The van der Waals surface area contributed by atoms with E-state index >= 15 is 0 Å². The predicted octanol–water partition coefficient (Wildman–Crippen LogP) is 1.40. The van der Waals surface area contributed by atoms with Crippen molar-refractivity contribution in [1.82, 2.24) is 10.2 Å². The van der Waals surface area contributed by atoms with Gasteiger partial charge < -0.3 is 15.3 Å². The number of carbonyl (C=O) groups is 2. The molecule has 0 spiro atoms. The molecule has 86 valence electrons. The van der Waals surface area contributed by atoms with Gasteiger partial charge in [-0.1, -0.05) is 29.4 Å². The van der Waals surface area contributed by atoms with Gasteiger partial charge in [-0.3, -0.25) is 4.79 Å². The van der Waals surface area contributed by atoms with Crippen LogP contribution in [-0.4, -0.2) is 41.6 Å². The summed E-state index contributed by atoms with van der Waals surface area (Å²) in [5.41, 5.74) is 0. The molecule has 6 heteroatoms. The molecular formula is C9H15BrN2O3. The van der Waals surface area contributed by atoms with Gasteiger partial charge in [-0.2, -0.15) is 0 Å². The molecule has 0 aliphatic rings. The molecule has 0 fully saturated rings. The summed E-state index contributed by atoms with van der Waals surface area (Å²) >= 11 is 3.10. The van der Waals surface area contributed by atoms with Gasteiger partial charge in [-0.05, 0) is 6.42 Å². The van der Waals surface area contributed by atoms with Crippen LogP contribution in [-0.2, 0) is 4.79 Å². The molecule has 0 aliphatic heterocycles. The minimum Gasteiger partial charge on any atom is -0.480 e. The highest BCUT2D eigenvalue weighted by Crippen LogP contribution is 1.98. The number of carboxylic acids is 1. The summed E-state index contributed by atoms with van der Waals surface area (Å²) in [7, 11) is 0. The number of hydrogen-bond donors (Lipinski definition) is 2. The number of carbonyl (C=O) groups excluding carboxylic acids is 1. The van der Waals surface area contributed by atoms with Gasteiger partial charge >= 0.3 is 12.0 Å². The lowest BCUT2D eigenvalue weighted by atomic mass is 10.4. The van der Waals surface area contributed by atoms with Gasteiger partial charge in [0.1, 0.15) is 6.54 Å². The van der Waals surface area contributed by atoms with Crippen molar-refractivity contribution in [2.75, 3.05) is 19.6 Å². The first-order valence-corrected chi connectivity index (χ1v) is 5.34. The second kappa shape index (κ2) is 7.28. The Labute approximate surface area is 97.3 Å². The molecule has 0 bridgehead atoms. The first kappa shape index (κ1) is 14.0. The topological polar surface area (TPSA) is 69.6 Å². The predicted molar refractivity (Wildman–Crippen MR) is 61.0 cm³/mol. The van der Waals surface area contributed by atoms with E-state index in [2.05, 4.69) is 27.8 Å². The highest BCUT2D eigenvalue weighted by Gasteiger charge is 2.14. The molecular weight excluding hydrogens is 264 g/mol. The SMILES string of the molecule is C=C(Br)CNC(=O)N(CCC)CC(=O)O. The van der Waals surface area contributed by atoms with E-state index in [-0.39, 0.29) is 12.6 Å². The zero-order valence-electron chi connectivity index (χ0n) is 8.62. The number of nitrogens with one attached hydrogen (secondary N) is 1. The molecule has 5 nitrogen and oxygen atoms in total. The minimum atomic E-state index is -1.02. The lowest BCUT2D eigenvalue weighted by Crippen LogP contribution is -2.43. The second-order valence-corrected chi connectivity index (χ2v) is 4.11. The fourth-order valence-corrected chi connectivity index (χ4v) is 1.11. The third-order valence-corrected chi connectivity index (χ3v) is 1.82. The molecule has 0 rings (SSSR count). The number of hydrogen-bond acceptors (Lipinski definition) is 2. The number of rotatable bonds is 6. The smallest absolute Gasteiger partial charge is 0.323 e. The Balaban J connectivity index is 4.15. The lowest BCUT2D eigenvalue weighted by molar-refractivity contribution is -0.137. The monoisotopic (exact) mass is 278 g/mol. The molecule has 0 saturated carbocycles. The van der Waals surface area contributed by atoms with Crippen molar-refractivity contribution in [2.45, 2.75) is 13.3 Å². The largest absolute Gasteiger partial charge is 0.480 e. The Morgan fingerprint density at radius 1 is 1.53 bits per heavy atom. The van der Waals surface area contributed by atoms with Gasteiger partial charge in [0.05, 0.1) is 6.54 Å². The summed E-state index contributed by atoms with van der Waals surface area (Å²) < 4.78 is 0.641. The fraction of sp³-hybridized carbons (Fsp3) is 0.556. The molecule has 0 saturated heterocycles. The third kappa shape index (κ3) is 6.96. The zero-order valence-corrected chi connectivity index (χ0v) is 10.2. The van der Waals surface area contributed by atoms with Gasteiger partial charge in [-0.15, -0.1) is 0 Å². The van der Waals surface area contributed by atoms with Crippen molar-refractivity contribution in [3.8, 4) is 0 Å². The number of aliphatic carboxylic acids is 1. The summed E-state index contributed by atoms with van der Waals surface area (Å²) in [6.07, 6.45) is 0.718. The molecule has 2 N–H and O–H groups in total. The number of halogens is 1. The van der Waals surface area contributed by atoms with Gasteiger partial charge in [0, 0.05) is 11.0 Å². The van der Waals surface area contributed by atoms with Crippen LogP contribution in [0.3, 0.4) is 0 Å². The average Bonchev–Trinajstić information content (AvgIpc) is 2.12. The molecule has 0 aromatic carbocycles. The van der Waals surface area contributed by atoms with Crippen LogP contribution in [0.2, 0.25) is 0 Å². The standard InChI is InChI=1S/C9H15BrN2O3/c1-3-4-12(6-8(13)14)9(15)11-5-7(2)10/h2-6H2,1H3,(H,11,15)(H,13,14). The Bertz CT molecular complexity index is 256. The molecule has 0 aromatic rings. The lowest BCUT2D eigenvalue weighted by Gasteiger charge is -2.20. The minimum absolute atomic E-state index is 0.283. The molecule has 0 aliphatic carbocycles. The quantitative estimate of drug-likeness (QED) is 0.772. The van der Waals surface area contributed by atoms with E-state index in [1.54, 1.807) is 0 Å². The summed E-state index contributed by atoms with van der Waals surface area (Å²) in [6, 6.07) is -0.389. The number of carboxylic acid groups (broad SMARTS) is 1. The van der Waals surface area contributed by atoms with Crippen LogP contribution in [0.4, 0.5) is 4.79 Å². The number of amides is 2. The van der Waals surface area contributed by atoms with Crippen LogP contribution in [0.1, 0.15) is 13.3 Å². The Morgan fingerprint density at radius 3 is 2.53 bits per heavy atom. The summed E-state index contributed by atoms with van der Waals surface area (Å²) in [5.74, 6) is -1.02. The van der Waals surface area contributed by atoms with E-state index in [4.69, 9.17) is 5.11 Å². The normalized spacial score (nSPS) is 9.47. The maximum absolute atomic E-state index is 11.5. The first-order chi connectivity index (χ1) is 6.97. The van der Waals surface area contributed by atoms with Crippen LogP contribution in [0, 0.1) is 0 Å². The van der Waals surface area contributed by atoms with Crippen LogP contribution >= 0.6 is 15.9 Å². The maximum Gasteiger partial charge on any atom is 0.323 e. The summed E-state index contributed by atoms with van der Waals surface area (Å²) in [4.78, 5) is 23.2. The molecule has 0 unspecified atom stereocenters. The van der Waals surface area contributed by atoms with Crippen molar-refractivity contribution in [3.05, 3.63) is 11.1 Å². The summed E-state index contributed by atoms with van der Waals surface area (Å²) in [5, 5.41) is 11.1. The molecule has 0 heterocycles. The van der Waals surface area contributed by atoms with Crippen molar-refractivity contribution >= 4 is 27.9 Å². The molecule has 15 heavy (non-hydrogen) atoms. The van der Waals surface area contributed by atoms with E-state index in [0.717, 1.165) is 6.42 Å². The maximum atomic E-state index is 11.5. The van der Waals surface area contributed by atoms with Gasteiger partial charge in [0.15, 0.2) is 0 Å². The average molecular weight is 279 g/mol. The molecule has 0 radical (unpaired) electrons. The van der Waals surface area contributed by atoms with Crippen molar-refractivity contribution in [2.24, 2.45) is 0 Å². The van der Waals surface area contributed by atoms with Gasteiger partial charge in [-0.25, -0.2) is 4.79 Å². The fourth-order valence-electron chi connectivity index (χ4n) is 0.969. The highest BCUT2D eigenvalue weighted by molar-refractivity contribution is 9.11.